The van der Waals surface area contributed by atoms with Crippen LogP contribution in [0, 0.1) is 5.92 Å². The molecule has 0 heterocycles. The number of halogens is 1. The van der Waals surface area contributed by atoms with Gasteiger partial charge in [-0.1, -0.05) is 11.6 Å². The monoisotopic (exact) mass is 309 g/mol. The number of benzene rings is 1. The highest BCUT2D eigenvalue weighted by atomic mass is 35.5. The van der Waals surface area contributed by atoms with Gasteiger partial charge < -0.3 is 16.4 Å². The Morgan fingerprint density at radius 2 is 2.14 bits per heavy atom. The fourth-order valence-electron chi connectivity index (χ4n) is 2.56. The Labute approximate surface area is 129 Å². The SMILES string of the molecule is CCNC(=O)c1ccc(Cl)cc1NC(=O)C1CCC(N)C1. The lowest BCUT2D eigenvalue weighted by Crippen LogP contribution is -2.27. The van der Waals surface area contributed by atoms with E-state index in [1.165, 1.54) is 0 Å². The van der Waals surface area contributed by atoms with E-state index in [1.54, 1.807) is 18.2 Å². The third-order valence-electron chi connectivity index (χ3n) is 3.67. The van der Waals surface area contributed by atoms with Gasteiger partial charge in [0.1, 0.15) is 0 Å². The zero-order valence-electron chi connectivity index (χ0n) is 12.0. The van der Waals surface area contributed by atoms with E-state index in [0.717, 1.165) is 12.8 Å². The highest BCUT2D eigenvalue weighted by Crippen LogP contribution is 2.27. The Morgan fingerprint density at radius 3 is 2.76 bits per heavy atom. The van der Waals surface area contributed by atoms with Crippen molar-refractivity contribution in [2.75, 3.05) is 11.9 Å². The van der Waals surface area contributed by atoms with Gasteiger partial charge in [-0.2, -0.15) is 0 Å². The molecule has 2 atom stereocenters. The minimum atomic E-state index is -0.229. The maximum Gasteiger partial charge on any atom is 0.253 e. The molecule has 1 aliphatic carbocycles. The van der Waals surface area contributed by atoms with Crippen LogP contribution in [0.5, 0.6) is 0 Å². The maximum absolute atomic E-state index is 12.3. The first kappa shape index (κ1) is 15.8. The highest BCUT2D eigenvalue weighted by molar-refractivity contribution is 6.31. The van der Waals surface area contributed by atoms with E-state index in [-0.39, 0.29) is 23.8 Å². The van der Waals surface area contributed by atoms with Crippen molar-refractivity contribution in [3.8, 4) is 0 Å². The first-order valence-electron chi connectivity index (χ1n) is 7.15. The lowest BCUT2D eigenvalue weighted by Gasteiger charge is -2.14. The number of carbonyl (C=O) groups is 2. The second kappa shape index (κ2) is 6.91. The summed E-state index contributed by atoms with van der Waals surface area (Å²) in [5.74, 6) is -0.426. The summed E-state index contributed by atoms with van der Waals surface area (Å²) in [4.78, 5) is 24.3. The Morgan fingerprint density at radius 1 is 1.38 bits per heavy atom. The predicted molar refractivity (Wildman–Crippen MR) is 83.4 cm³/mol. The molecule has 114 valence electrons. The number of rotatable bonds is 4. The van der Waals surface area contributed by atoms with Crippen LogP contribution in [-0.2, 0) is 4.79 Å². The van der Waals surface area contributed by atoms with Crippen molar-refractivity contribution in [2.24, 2.45) is 11.7 Å². The smallest absolute Gasteiger partial charge is 0.253 e. The first-order valence-corrected chi connectivity index (χ1v) is 7.53. The van der Waals surface area contributed by atoms with Crippen LogP contribution in [0.1, 0.15) is 36.5 Å². The number of hydrogen-bond donors (Lipinski definition) is 3. The Balaban J connectivity index is 2.16. The molecule has 0 spiro atoms. The normalized spacial score (nSPS) is 21.1. The molecule has 1 aromatic rings. The van der Waals surface area contributed by atoms with Gasteiger partial charge in [0.25, 0.3) is 5.91 Å². The summed E-state index contributed by atoms with van der Waals surface area (Å²) in [6.07, 6.45) is 2.32. The topological polar surface area (TPSA) is 84.2 Å². The fourth-order valence-corrected chi connectivity index (χ4v) is 2.74. The van der Waals surface area contributed by atoms with Crippen LogP contribution >= 0.6 is 11.6 Å². The number of anilines is 1. The largest absolute Gasteiger partial charge is 0.352 e. The summed E-state index contributed by atoms with van der Waals surface area (Å²) >= 11 is 5.96. The van der Waals surface area contributed by atoms with Crippen molar-refractivity contribution in [3.63, 3.8) is 0 Å². The predicted octanol–water partition coefficient (Wildman–Crippen LogP) is 2.16. The van der Waals surface area contributed by atoms with E-state index in [4.69, 9.17) is 17.3 Å². The first-order chi connectivity index (χ1) is 10.0. The molecule has 6 heteroatoms. The zero-order valence-corrected chi connectivity index (χ0v) is 12.7. The summed E-state index contributed by atoms with van der Waals surface area (Å²) in [5.41, 5.74) is 6.69. The molecular formula is C15H20ClN3O2. The molecule has 2 rings (SSSR count). The van der Waals surface area contributed by atoms with Crippen LogP contribution in [0.15, 0.2) is 18.2 Å². The van der Waals surface area contributed by atoms with E-state index in [0.29, 0.717) is 29.2 Å². The van der Waals surface area contributed by atoms with Crippen LogP contribution in [-0.4, -0.2) is 24.4 Å². The second-order valence-electron chi connectivity index (χ2n) is 5.31. The van der Waals surface area contributed by atoms with Gasteiger partial charge in [-0.25, -0.2) is 0 Å². The molecule has 5 nitrogen and oxygen atoms in total. The Bertz CT molecular complexity index is 548. The molecule has 2 unspecified atom stereocenters. The number of nitrogens with one attached hydrogen (secondary N) is 2. The quantitative estimate of drug-likeness (QED) is 0.797. The molecule has 21 heavy (non-hydrogen) atoms. The van der Waals surface area contributed by atoms with Gasteiger partial charge in [-0.3, -0.25) is 9.59 Å². The van der Waals surface area contributed by atoms with Gasteiger partial charge in [0.15, 0.2) is 0 Å². The molecule has 1 saturated carbocycles. The molecule has 2 amide bonds. The average molecular weight is 310 g/mol. The average Bonchev–Trinajstić information content (AvgIpc) is 2.86. The van der Waals surface area contributed by atoms with E-state index in [9.17, 15) is 9.59 Å². The molecule has 1 aliphatic rings. The summed E-state index contributed by atoms with van der Waals surface area (Å²) in [7, 11) is 0. The lowest BCUT2D eigenvalue weighted by atomic mass is 10.1. The maximum atomic E-state index is 12.3. The van der Waals surface area contributed by atoms with Gasteiger partial charge in [0.05, 0.1) is 11.3 Å². The van der Waals surface area contributed by atoms with Crippen molar-refractivity contribution in [1.29, 1.82) is 0 Å². The number of hydrogen-bond acceptors (Lipinski definition) is 3. The van der Waals surface area contributed by atoms with Crippen LogP contribution < -0.4 is 16.4 Å². The molecule has 1 fully saturated rings. The lowest BCUT2D eigenvalue weighted by molar-refractivity contribution is -0.119. The Hall–Kier alpha value is -1.59. The van der Waals surface area contributed by atoms with Crippen molar-refractivity contribution < 1.29 is 9.59 Å². The highest BCUT2D eigenvalue weighted by Gasteiger charge is 2.28. The standard InChI is InChI=1S/C15H20ClN3O2/c1-2-18-15(21)12-6-4-10(16)8-13(12)19-14(20)9-3-5-11(17)7-9/h4,6,8-9,11H,2-3,5,7,17H2,1H3,(H,18,21)(H,19,20). The second-order valence-corrected chi connectivity index (χ2v) is 5.75. The molecular weight excluding hydrogens is 290 g/mol. The van der Waals surface area contributed by atoms with Crippen LogP contribution in [0.25, 0.3) is 0 Å². The summed E-state index contributed by atoms with van der Waals surface area (Å²) in [5, 5.41) is 6.01. The minimum Gasteiger partial charge on any atom is -0.352 e. The van der Waals surface area contributed by atoms with Gasteiger partial charge in [0.2, 0.25) is 5.91 Å². The van der Waals surface area contributed by atoms with Gasteiger partial charge in [-0.15, -0.1) is 0 Å². The van der Waals surface area contributed by atoms with E-state index in [1.807, 2.05) is 6.92 Å². The van der Waals surface area contributed by atoms with Crippen LogP contribution in [0.3, 0.4) is 0 Å². The number of nitrogens with two attached hydrogens (primary N) is 1. The zero-order chi connectivity index (χ0) is 15.4. The summed E-state index contributed by atoms with van der Waals surface area (Å²) in [6.45, 7) is 2.36. The van der Waals surface area contributed by atoms with Crippen molar-refractivity contribution in [3.05, 3.63) is 28.8 Å². The molecule has 0 aromatic heterocycles. The van der Waals surface area contributed by atoms with Crippen LogP contribution in [0.4, 0.5) is 5.69 Å². The molecule has 0 aliphatic heterocycles. The molecule has 0 bridgehead atoms. The van der Waals surface area contributed by atoms with E-state index in [2.05, 4.69) is 10.6 Å². The molecule has 1 aromatic carbocycles. The molecule has 0 saturated heterocycles. The number of amides is 2. The third-order valence-corrected chi connectivity index (χ3v) is 3.90. The third kappa shape index (κ3) is 3.95. The van der Waals surface area contributed by atoms with Gasteiger partial charge in [0, 0.05) is 23.5 Å². The van der Waals surface area contributed by atoms with Crippen molar-refractivity contribution in [2.45, 2.75) is 32.2 Å². The van der Waals surface area contributed by atoms with Gasteiger partial charge in [-0.05, 0) is 44.4 Å². The van der Waals surface area contributed by atoms with Crippen LogP contribution in [0.2, 0.25) is 5.02 Å². The summed E-state index contributed by atoms with van der Waals surface area (Å²) in [6, 6.07) is 4.93. The fraction of sp³-hybridized carbons (Fsp3) is 0.467. The van der Waals surface area contributed by atoms with Crippen molar-refractivity contribution >= 4 is 29.1 Å². The van der Waals surface area contributed by atoms with Crippen molar-refractivity contribution in [1.82, 2.24) is 5.32 Å². The Kier molecular flexibility index (Phi) is 5.20. The molecule has 0 radical (unpaired) electrons. The van der Waals surface area contributed by atoms with E-state index >= 15 is 0 Å². The summed E-state index contributed by atoms with van der Waals surface area (Å²) < 4.78 is 0. The minimum absolute atomic E-state index is 0.0861. The van der Waals surface area contributed by atoms with Gasteiger partial charge >= 0.3 is 0 Å². The number of carbonyl (C=O) groups excluding carboxylic acids is 2. The van der Waals surface area contributed by atoms with E-state index < -0.39 is 0 Å². The molecule has 4 N–H and O–H groups in total.